The molecule has 0 saturated carbocycles. The molecule has 1 aromatic carbocycles. The summed E-state index contributed by atoms with van der Waals surface area (Å²) in [6, 6.07) is 7.05. The molecule has 2 aliphatic rings. The molecule has 0 bridgehead atoms. The number of piperazine rings is 1. The molecule has 0 atom stereocenters. The fraction of sp³-hybridized carbons (Fsp3) is 0.400. The minimum atomic E-state index is -0.272. The van der Waals surface area contributed by atoms with Gasteiger partial charge in [0.1, 0.15) is 5.82 Å². The molecule has 148 valence electrons. The van der Waals surface area contributed by atoms with E-state index in [4.69, 9.17) is 21.1 Å². The van der Waals surface area contributed by atoms with E-state index in [0.717, 1.165) is 38.4 Å². The SMILES string of the molecule is CN1CCN(c2ccc(NC(=O)c3cc(Cl)c4c(c3)OCCCO4)cn2)CC1. The maximum Gasteiger partial charge on any atom is 0.255 e. The largest absolute Gasteiger partial charge is 0.489 e. The Bertz CT molecular complexity index is 851. The van der Waals surface area contributed by atoms with Gasteiger partial charge in [0, 0.05) is 38.2 Å². The van der Waals surface area contributed by atoms with Crippen LogP contribution in [0.25, 0.3) is 0 Å². The summed E-state index contributed by atoms with van der Waals surface area (Å²) in [5, 5.41) is 3.23. The molecule has 0 radical (unpaired) electrons. The first-order chi connectivity index (χ1) is 13.6. The Labute approximate surface area is 169 Å². The van der Waals surface area contributed by atoms with Crippen molar-refractivity contribution in [3.8, 4) is 11.5 Å². The third-order valence-corrected chi connectivity index (χ3v) is 5.18. The molecule has 8 heteroatoms. The molecule has 4 rings (SSSR count). The van der Waals surface area contributed by atoms with E-state index in [1.54, 1.807) is 18.3 Å². The second kappa shape index (κ2) is 8.24. The van der Waals surface area contributed by atoms with Gasteiger partial charge in [-0.3, -0.25) is 4.79 Å². The van der Waals surface area contributed by atoms with Crippen LogP contribution in [0.15, 0.2) is 30.5 Å². The first kappa shape index (κ1) is 18.8. The Hall–Kier alpha value is -2.51. The number of ether oxygens (including phenoxy) is 2. The van der Waals surface area contributed by atoms with Gasteiger partial charge in [0.05, 0.1) is 30.1 Å². The van der Waals surface area contributed by atoms with Crippen LogP contribution in [0, 0.1) is 0 Å². The van der Waals surface area contributed by atoms with Crippen LogP contribution in [0.2, 0.25) is 5.02 Å². The number of hydrogen-bond acceptors (Lipinski definition) is 6. The van der Waals surface area contributed by atoms with Gasteiger partial charge in [-0.25, -0.2) is 4.98 Å². The van der Waals surface area contributed by atoms with E-state index in [1.165, 1.54) is 0 Å². The van der Waals surface area contributed by atoms with E-state index in [0.29, 0.717) is 41.0 Å². The number of pyridine rings is 1. The number of aromatic nitrogens is 1. The molecule has 0 spiro atoms. The van der Waals surface area contributed by atoms with Gasteiger partial charge < -0.3 is 24.6 Å². The summed E-state index contributed by atoms with van der Waals surface area (Å²) >= 11 is 6.28. The smallest absolute Gasteiger partial charge is 0.255 e. The lowest BCUT2D eigenvalue weighted by atomic mass is 10.2. The Kier molecular flexibility index (Phi) is 5.54. The Balaban J connectivity index is 1.45. The van der Waals surface area contributed by atoms with Crippen molar-refractivity contribution in [2.45, 2.75) is 6.42 Å². The monoisotopic (exact) mass is 402 g/mol. The summed E-state index contributed by atoms with van der Waals surface area (Å²) < 4.78 is 11.3. The summed E-state index contributed by atoms with van der Waals surface area (Å²) in [6.07, 6.45) is 2.45. The third-order valence-electron chi connectivity index (χ3n) is 4.90. The first-order valence-corrected chi connectivity index (χ1v) is 9.78. The van der Waals surface area contributed by atoms with Crippen molar-refractivity contribution in [2.75, 3.05) is 56.7 Å². The van der Waals surface area contributed by atoms with Crippen LogP contribution in [0.1, 0.15) is 16.8 Å². The molecule has 2 aliphatic heterocycles. The van der Waals surface area contributed by atoms with Gasteiger partial charge in [-0.05, 0) is 31.3 Å². The fourth-order valence-electron chi connectivity index (χ4n) is 3.25. The summed E-state index contributed by atoms with van der Waals surface area (Å²) in [7, 11) is 2.12. The highest BCUT2D eigenvalue weighted by molar-refractivity contribution is 6.32. The predicted molar refractivity (Wildman–Crippen MR) is 109 cm³/mol. The van der Waals surface area contributed by atoms with Gasteiger partial charge >= 0.3 is 0 Å². The molecule has 0 unspecified atom stereocenters. The molecule has 28 heavy (non-hydrogen) atoms. The van der Waals surface area contributed by atoms with Crippen LogP contribution in [0.4, 0.5) is 11.5 Å². The van der Waals surface area contributed by atoms with Crippen molar-refractivity contribution < 1.29 is 14.3 Å². The maximum absolute atomic E-state index is 12.7. The number of hydrogen-bond donors (Lipinski definition) is 1. The van der Waals surface area contributed by atoms with E-state index in [1.807, 2.05) is 12.1 Å². The van der Waals surface area contributed by atoms with Crippen LogP contribution >= 0.6 is 11.6 Å². The van der Waals surface area contributed by atoms with Crippen molar-refractivity contribution in [2.24, 2.45) is 0 Å². The Morgan fingerprint density at radius 1 is 1.14 bits per heavy atom. The van der Waals surface area contributed by atoms with E-state index in [9.17, 15) is 4.79 Å². The van der Waals surface area contributed by atoms with Gasteiger partial charge in [-0.1, -0.05) is 11.6 Å². The number of rotatable bonds is 3. The normalized spacial score (nSPS) is 17.1. The van der Waals surface area contributed by atoms with Gasteiger partial charge in [-0.15, -0.1) is 0 Å². The molecule has 2 aromatic rings. The zero-order valence-corrected chi connectivity index (χ0v) is 16.5. The standard InChI is InChI=1S/C20H23ClN4O3/c1-24-5-7-25(8-6-24)18-4-3-15(13-22-18)23-20(26)14-11-16(21)19-17(12-14)27-9-2-10-28-19/h3-4,11-13H,2,5-10H2,1H3,(H,23,26). The molecule has 1 aromatic heterocycles. The molecule has 1 saturated heterocycles. The van der Waals surface area contributed by atoms with Crippen molar-refractivity contribution in [1.82, 2.24) is 9.88 Å². The average Bonchev–Trinajstić information content (AvgIpc) is 2.95. The van der Waals surface area contributed by atoms with Gasteiger partial charge in [0.2, 0.25) is 0 Å². The van der Waals surface area contributed by atoms with Crippen LogP contribution in [0.5, 0.6) is 11.5 Å². The third kappa shape index (κ3) is 4.15. The highest BCUT2D eigenvalue weighted by Gasteiger charge is 2.19. The summed E-state index contributed by atoms with van der Waals surface area (Å²) in [6.45, 7) is 5.02. The number of halogens is 1. The number of nitrogens with one attached hydrogen (secondary N) is 1. The highest BCUT2D eigenvalue weighted by atomic mass is 35.5. The van der Waals surface area contributed by atoms with Gasteiger partial charge in [0.25, 0.3) is 5.91 Å². The Morgan fingerprint density at radius 2 is 1.93 bits per heavy atom. The van der Waals surface area contributed by atoms with E-state index in [-0.39, 0.29) is 5.91 Å². The Morgan fingerprint density at radius 3 is 2.68 bits per heavy atom. The second-order valence-corrected chi connectivity index (χ2v) is 7.39. The van der Waals surface area contributed by atoms with Crippen LogP contribution in [-0.2, 0) is 0 Å². The van der Waals surface area contributed by atoms with E-state index < -0.39 is 0 Å². The van der Waals surface area contributed by atoms with Crippen molar-refractivity contribution in [3.05, 3.63) is 41.0 Å². The van der Waals surface area contributed by atoms with Crippen molar-refractivity contribution >= 4 is 29.0 Å². The van der Waals surface area contributed by atoms with Crippen molar-refractivity contribution in [3.63, 3.8) is 0 Å². The molecule has 1 fully saturated rings. The lowest BCUT2D eigenvalue weighted by molar-refractivity contribution is 0.102. The fourth-order valence-corrected chi connectivity index (χ4v) is 3.51. The predicted octanol–water partition coefficient (Wildman–Crippen LogP) is 2.90. The lowest BCUT2D eigenvalue weighted by Crippen LogP contribution is -2.44. The molecular formula is C20H23ClN4O3. The molecule has 0 aliphatic carbocycles. The quantitative estimate of drug-likeness (QED) is 0.851. The topological polar surface area (TPSA) is 66.9 Å². The zero-order valence-electron chi connectivity index (χ0n) is 15.8. The number of amides is 1. The maximum atomic E-state index is 12.7. The minimum Gasteiger partial charge on any atom is -0.489 e. The number of anilines is 2. The molecule has 1 N–H and O–H groups in total. The number of nitrogens with zero attached hydrogens (tertiary/aromatic N) is 3. The second-order valence-electron chi connectivity index (χ2n) is 6.99. The number of benzene rings is 1. The number of likely N-dealkylation sites (N-methyl/N-ethyl adjacent to an activating group) is 1. The molecule has 3 heterocycles. The number of carbonyl (C=O) groups excluding carboxylic acids is 1. The van der Waals surface area contributed by atoms with Crippen LogP contribution < -0.4 is 19.7 Å². The summed E-state index contributed by atoms with van der Waals surface area (Å²) in [4.78, 5) is 21.7. The van der Waals surface area contributed by atoms with Gasteiger partial charge in [0.15, 0.2) is 11.5 Å². The number of fused-ring (bicyclic) bond motifs is 1. The van der Waals surface area contributed by atoms with E-state index in [2.05, 4.69) is 27.1 Å². The van der Waals surface area contributed by atoms with E-state index >= 15 is 0 Å². The number of carbonyl (C=O) groups is 1. The van der Waals surface area contributed by atoms with Crippen LogP contribution in [0.3, 0.4) is 0 Å². The van der Waals surface area contributed by atoms with Crippen molar-refractivity contribution in [1.29, 1.82) is 0 Å². The minimum absolute atomic E-state index is 0.272. The summed E-state index contributed by atoms with van der Waals surface area (Å²) in [5.41, 5.74) is 1.04. The summed E-state index contributed by atoms with van der Waals surface area (Å²) in [5.74, 6) is 1.64. The highest BCUT2D eigenvalue weighted by Crippen LogP contribution is 2.38. The van der Waals surface area contributed by atoms with Gasteiger partial charge in [-0.2, -0.15) is 0 Å². The molecule has 7 nitrogen and oxygen atoms in total. The molecule has 1 amide bonds. The molecular weight excluding hydrogens is 380 g/mol. The average molecular weight is 403 g/mol. The first-order valence-electron chi connectivity index (χ1n) is 9.40. The zero-order chi connectivity index (χ0) is 19.5. The lowest BCUT2D eigenvalue weighted by Gasteiger charge is -2.33. The van der Waals surface area contributed by atoms with Crippen LogP contribution in [-0.4, -0.2) is 62.2 Å².